The Labute approximate surface area is 102 Å². The van der Waals surface area contributed by atoms with E-state index in [2.05, 4.69) is 4.98 Å². The smallest absolute Gasteiger partial charge is 0.224 e. The molecule has 2 N–H and O–H groups in total. The van der Waals surface area contributed by atoms with Crippen LogP contribution in [0.4, 0.5) is 0 Å². The predicted molar refractivity (Wildman–Crippen MR) is 66.0 cm³/mol. The van der Waals surface area contributed by atoms with Gasteiger partial charge in [-0.1, -0.05) is 6.07 Å². The van der Waals surface area contributed by atoms with Gasteiger partial charge in [0.05, 0.1) is 0 Å². The van der Waals surface area contributed by atoms with E-state index >= 15 is 0 Å². The lowest BCUT2D eigenvalue weighted by atomic mass is 10.1. The zero-order valence-electron chi connectivity index (χ0n) is 10.2. The summed E-state index contributed by atoms with van der Waals surface area (Å²) in [5.74, 6) is 0.694. The maximum absolute atomic E-state index is 11.9. The molecule has 1 aliphatic carbocycles. The number of pyridine rings is 1. The van der Waals surface area contributed by atoms with Gasteiger partial charge >= 0.3 is 0 Å². The molecule has 1 heterocycles. The number of carbonyl (C=O) groups is 1. The summed E-state index contributed by atoms with van der Waals surface area (Å²) in [4.78, 5) is 17.7. The summed E-state index contributed by atoms with van der Waals surface area (Å²) in [5.41, 5.74) is 7.00. The second kappa shape index (κ2) is 5.27. The molecule has 1 aromatic rings. The van der Waals surface area contributed by atoms with Crippen molar-refractivity contribution in [1.82, 2.24) is 9.88 Å². The van der Waals surface area contributed by atoms with Crippen LogP contribution >= 0.6 is 0 Å². The Hall–Kier alpha value is -1.42. The minimum absolute atomic E-state index is 0.0406. The largest absolute Gasteiger partial charge is 0.341 e. The molecule has 92 valence electrons. The van der Waals surface area contributed by atoms with Crippen LogP contribution in [0.25, 0.3) is 0 Å². The molecule has 0 bridgehead atoms. The van der Waals surface area contributed by atoms with Crippen LogP contribution in [-0.2, 0) is 11.3 Å². The van der Waals surface area contributed by atoms with Gasteiger partial charge in [-0.25, -0.2) is 0 Å². The quantitative estimate of drug-likeness (QED) is 0.830. The van der Waals surface area contributed by atoms with Crippen LogP contribution in [0.3, 0.4) is 0 Å². The number of carbonyl (C=O) groups excluding carboxylic acids is 1. The van der Waals surface area contributed by atoms with Gasteiger partial charge in [0.2, 0.25) is 5.91 Å². The second-order valence-electron chi connectivity index (χ2n) is 4.82. The van der Waals surface area contributed by atoms with Crippen molar-refractivity contribution in [3.05, 3.63) is 30.1 Å². The fourth-order valence-electron chi connectivity index (χ4n) is 1.90. The number of rotatable bonds is 5. The molecular weight excluding hydrogens is 214 g/mol. The standard InChI is InChI=1S/C13H19N3O/c1-16(9-10-3-2-6-15-8-10)13(17)7-12(14)11-4-5-11/h2-3,6,8,11-12H,4-5,7,9,14H2,1H3. The summed E-state index contributed by atoms with van der Waals surface area (Å²) in [6.45, 7) is 0.601. The molecule has 1 saturated carbocycles. The van der Waals surface area contributed by atoms with E-state index in [9.17, 15) is 4.79 Å². The Morgan fingerprint density at radius 3 is 3.00 bits per heavy atom. The van der Waals surface area contributed by atoms with E-state index in [1.165, 1.54) is 12.8 Å². The topological polar surface area (TPSA) is 59.2 Å². The second-order valence-corrected chi connectivity index (χ2v) is 4.82. The van der Waals surface area contributed by atoms with Crippen molar-refractivity contribution in [2.45, 2.75) is 31.8 Å². The van der Waals surface area contributed by atoms with Gasteiger partial charge in [0.1, 0.15) is 0 Å². The fourth-order valence-corrected chi connectivity index (χ4v) is 1.90. The van der Waals surface area contributed by atoms with Crippen molar-refractivity contribution in [2.24, 2.45) is 11.7 Å². The molecule has 2 rings (SSSR count). The summed E-state index contributed by atoms with van der Waals surface area (Å²) >= 11 is 0. The number of aromatic nitrogens is 1. The minimum atomic E-state index is 0.0406. The van der Waals surface area contributed by atoms with Crippen LogP contribution in [0.5, 0.6) is 0 Å². The Morgan fingerprint density at radius 2 is 2.41 bits per heavy atom. The van der Waals surface area contributed by atoms with E-state index in [4.69, 9.17) is 5.73 Å². The van der Waals surface area contributed by atoms with Crippen molar-refractivity contribution < 1.29 is 4.79 Å². The van der Waals surface area contributed by atoms with Crippen LogP contribution < -0.4 is 5.73 Å². The van der Waals surface area contributed by atoms with Crippen molar-refractivity contribution in [3.8, 4) is 0 Å². The molecular formula is C13H19N3O. The van der Waals surface area contributed by atoms with Crippen LogP contribution in [0.15, 0.2) is 24.5 Å². The van der Waals surface area contributed by atoms with E-state index in [0.29, 0.717) is 18.9 Å². The Bertz CT molecular complexity index is 376. The third-order valence-corrected chi connectivity index (χ3v) is 3.21. The normalized spacial score (nSPS) is 16.6. The molecule has 1 aliphatic rings. The first-order valence-corrected chi connectivity index (χ1v) is 6.05. The Morgan fingerprint density at radius 1 is 1.65 bits per heavy atom. The van der Waals surface area contributed by atoms with Crippen LogP contribution in [0, 0.1) is 5.92 Å². The van der Waals surface area contributed by atoms with Crippen LogP contribution in [0.1, 0.15) is 24.8 Å². The average molecular weight is 233 g/mol. The molecule has 0 radical (unpaired) electrons. The lowest BCUT2D eigenvalue weighted by Crippen LogP contribution is -2.34. The van der Waals surface area contributed by atoms with E-state index in [1.807, 2.05) is 19.2 Å². The number of hydrogen-bond acceptors (Lipinski definition) is 3. The molecule has 0 spiro atoms. The lowest BCUT2D eigenvalue weighted by Gasteiger charge is -2.19. The highest BCUT2D eigenvalue weighted by Crippen LogP contribution is 2.32. The van der Waals surface area contributed by atoms with Gasteiger partial charge in [-0.2, -0.15) is 0 Å². The van der Waals surface area contributed by atoms with E-state index in [-0.39, 0.29) is 11.9 Å². The molecule has 17 heavy (non-hydrogen) atoms. The summed E-state index contributed by atoms with van der Waals surface area (Å²) in [5, 5.41) is 0. The van der Waals surface area contributed by atoms with Crippen molar-refractivity contribution >= 4 is 5.91 Å². The number of amides is 1. The fraction of sp³-hybridized carbons (Fsp3) is 0.538. The monoisotopic (exact) mass is 233 g/mol. The first-order valence-electron chi connectivity index (χ1n) is 6.05. The maximum atomic E-state index is 11.9. The average Bonchev–Trinajstić information content (AvgIpc) is 3.14. The van der Waals surface area contributed by atoms with E-state index < -0.39 is 0 Å². The third kappa shape index (κ3) is 3.53. The Balaban J connectivity index is 1.82. The van der Waals surface area contributed by atoms with Gasteiger partial charge in [0, 0.05) is 38.4 Å². The number of nitrogens with zero attached hydrogens (tertiary/aromatic N) is 2. The van der Waals surface area contributed by atoms with Gasteiger partial charge in [0.25, 0.3) is 0 Å². The van der Waals surface area contributed by atoms with Gasteiger partial charge in [-0.05, 0) is 30.4 Å². The molecule has 0 aromatic carbocycles. The van der Waals surface area contributed by atoms with Gasteiger partial charge in [-0.15, -0.1) is 0 Å². The lowest BCUT2D eigenvalue weighted by molar-refractivity contribution is -0.130. The molecule has 1 aromatic heterocycles. The van der Waals surface area contributed by atoms with E-state index in [1.54, 1.807) is 17.3 Å². The molecule has 4 heteroatoms. The van der Waals surface area contributed by atoms with Crippen LogP contribution in [0.2, 0.25) is 0 Å². The first-order chi connectivity index (χ1) is 8.16. The van der Waals surface area contributed by atoms with Crippen molar-refractivity contribution in [2.75, 3.05) is 7.05 Å². The molecule has 1 unspecified atom stereocenters. The van der Waals surface area contributed by atoms with Crippen molar-refractivity contribution in [1.29, 1.82) is 0 Å². The third-order valence-electron chi connectivity index (χ3n) is 3.21. The highest BCUT2D eigenvalue weighted by molar-refractivity contribution is 5.76. The molecule has 0 saturated heterocycles. The molecule has 1 fully saturated rings. The van der Waals surface area contributed by atoms with E-state index in [0.717, 1.165) is 5.56 Å². The van der Waals surface area contributed by atoms with Gasteiger partial charge < -0.3 is 10.6 Å². The zero-order chi connectivity index (χ0) is 12.3. The van der Waals surface area contributed by atoms with Crippen LogP contribution in [-0.4, -0.2) is 28.9 Å². The van der Waals surface area contributed by atoms with Gasteiger partial charge in [0.15, 0.2) is 0 Å². The van der Waals surface area contributed by atoms with Crippen molar-refractivity contribution in [3.63, 3.8) is 0 Å². The molecule has 1 amide bonds. The van der Waals surface area contributed by atoms with Gasteiger partial charge in [-0.3, -0.25) is 9.78 Å². The summed E-state index contributed by atoms with van der Waals surface area (Å²) in [7, 11) is 1.81. The number of hydrogen-bond donors (Lipinski definition) is 1. The highest BCUT2D eigenvalue weighted by Gasteiger charge is 2.30. The first kappa shape index (κ1) is 12.0. The maximum Gasteiger partial charge on any atom is 0.224 e. The molecule has 1 atom stereocenters. The summed E-state index contributed by atoms with van der Waals surface area (Å²) < 4.78 is 0. The minimum Gasteiger partial charge on any atom is -0.341 e. The predicted octanol–water partition coefficient (Wildman–Crippen LogP) is 1.17. The Kier molecular flexibility index (Phi) is 3.74. The molecule has 4 nitrogen and oxygen atoms in total. The summed E-state index contributed by atoms with van der Waals surface area (Å²) in [6.07, 6.45) is 6.34. The summed E-state index contributed by atoms with van der Waals surface area (Å²) in [6, 6.07) is 3.89. The zero-order valence-corrected chi connectivity index (χ0v) is 10.2. The molecule has 0 aliphatic heterocycles. The highest BCUT2D eigenvalue weighted by atomic mass is 16.2. The SMILES string of the molecule is CN(Cc1cccnc1)C(=O)CC(N)C1CC1. The number of nitrogens with two attached hydrogens (primary N) is 1.